The molecule has 4 aromatic rings. The number of rotatable bonds is 8. The van der Waals surface area contributed by atoms with E-state index in [1.165, 1.54) is 42.7 Å². The number of halogens is 3. The quantitative estimate of drug-likeness (QED) is 0.399. The van der Waals surface area contributed by atoms with Crippen LogP contribution in [0.15, 0.2) is 76.7 Å². The van der Waals surface area contributed by atoms with Gasteiger partial charge in [-0.1, -0.05) is 23.4 Å². The molecule has 1 N–H and O–H groups in total. The molecule has 3 heterocycles. The lowest BCUT2D eigenvalue weighted by atomic mass is 10.2. The third-order valence-corrected chi connectivity index (χ3v) is 6.33. The summed E-state index contributed by atoms with van der Waals surface area (Å²) >= 11 is 0. The molecular weight excluding hydrogens is 471 g/mol. The molecule has 0 spiro atoms. The second-order valence-electron chi connectivity index (χ2n) is 7.18. The van der Waals surface area contributed by atoms with Crippen LogP contribution in [-0.4, -0.2) is 27.5 Å². The average molecular weight is 489 g/mol. The lowest BCUT2D eigenvalue weighted by Crippen LogP contribution is -2.13. The van der Waals surface area contributed by atoms with Gasteiger partial charge in [0.1, 0.15) is 0 Å². The summed E-state index contributed by atoms with van der Waals surface area (Å²) in [5, 5.41) is 6.49. The van der Waals surface area contributed by atoms with E-state index < -0.39 is 22.1 Å². The summed E-state index contributed by atoms with van der Waals surface area (Å²) in [7, 11) is -3.84. The maximum atomic E-state index is 12.9. The van der Waals surface area contributed by atoms with E-state index in [-0.39, 0.29) is 10.7 Å². The minimum Gasteiger partial charge on any atom is -0.329 e. The van der Waals surface area contributed by atoms with Crippen LogP contribution in [0.5, 0.6) is 0 Å². The lowest BCUT2D eigenvalue weighted by molar-refractivity contribution is -0.159. The summed E-state index contributed by atoms with van der Waals surface area (Å²) in [6, 6.07) is 11.8. The number of nitrogens with one attached hydrogen (secondary N) is 1. The number of benzene rings is 1. The Bertz CT molecular complexity index is 1380. The second kappa shape index (κ2) is 9.61. The monoisotopic (exact) mass is 489 g/mol. The summed E-state index contributed by atoms with van der Waals surface area (Å²) in [6.45, 7) is 1.19. The Balaban J connectivity index is 1.39. The number of hydrogen-bond donors (Lipinski definition) is 1. The molecule has 4 rings (SSSR count). The third kappa shape index (κ3) is 5.58. The molecule has 12 heteroatoms. The third-order valence-electron chi connectivity index (χ3n) is 4.68. The van der Waals surface area contributed by atoms with Crippen molar-refractivity contribution in [1.82, 2.24) is 24.4 Å². The molecule has 0 saturated carbocycles. The Morgan fingerprint density at radius 1 is 1.03 bits per heavy atom. The Morgan fingerprint density at radius 3 is 2.47 bits per heavy atom. The molecule has 34 heavy (non-hydrogen) atoms. The highest BCUT2D eigenvalue weighted by molar-refractivity contribution is 7.90. The van der Waals surface area contributed by atoms with Gasteiger partial charge < -0.3 is 9.84 Å². The van der Waals surface area contributed by atoms with Crippen LogP contribution in [0.1, 0.15) is 28.4 Å². The summed E-state index contributed by atoms with van der Waals surface area (Å²) < 4.78 is 68.5. The largest absolute Gasteiger partial charge is 0.471 e. The molecule has 0 aliphatic rings. The summed E-state index contributed by atoms with van der Waals surface area (Å²) in [5.74, 6) is -1.74. The van der Waals surface area contributed by atoms with E-state index in [4.69, 9.17) is 0 Å². The highest BCUT2D eigenvalue weighted by Gasteiger charge is 2.38. The van der Waals surface area contributed by atoms with E-state index in [9.17, 15) is 21.6 Å². The number of hydrogen-bond acceptors (Lipinski definition) is 7. The van der Waals surface area contributed by atoms with E-state index in [1.54, 1.807) is 24.5 Å². The number of nitrogens with zero attached hydrogens (tertiary/aromatic N) is 4. The zero-order valence-electron chi connectivity index (χ0n) is 17.5. The topological polar surface area (TPSA) is 103 Å². The predicted molar refractivity (Wildman–Crippen MR) is 116 cm³/mol. The van der Waals surface area contributed by atoms with Crippen LogP contribution in [0.3, 0.4) is 0 Å². The number of alkyl halides is 3. The minimum absolute atomic E-state index is 0.0997. The van der Waals surface area contributed by atoms with Crippen LogP contribution < -0.4 is 5.32 Å². The van der Waals surface area contributed by atoms with Crippen molar-refractivity contribution in [2.45, 2.75) is 24.2 Å². The second-order valence-corrected chi connectivity index (χ2v) is 9.02. The van der Waals surface area contributed by atoms with Crippen molar-refractivity contribution in [3.63, 3.8) is 0 Å². The SMILES string of the molecule is O=S(=O)(c1ccc(CNCc2cccnc2)cc1)n1ccc(/C=C/c2noc(C(F)(F)F)n2)c1. The molecule has 0 fully saturated rings. The van der Waals surface area contributed by atoms with Gasteiger partial charge in [0, 0.05) is 37.9 Å². The minimum atomic E-state index is -4.73. The van der Waals surface area contributed by atoms with Crippen molar-refractivity contribution >= 4 is 22.2 Å². The van der Waals surface area contributed by atoms with Crippen LogP contribution in [0, 0.1) is 0 Å². The van der Waals surface area contributed by atoms with E-state index in [1.807, 2.05) is 12.1 Å². The van der Waals surface area contributed by atoms with Crippen molar-refractivity contribution < 1.29 is 26.1 Å². The van der Waals surface area contributed by atoms with Gasteiger partial charge in [0.05, 0.1) is 4.90 Å². The molecule has 3 aromatic heterocycles. The Hall–Kier alpha value is -3.77. The molecule has 1 aromatic carbocycles. The average Bonchev–Trinajstić information content (AvgIpc) is 3.49. The maximum absolute atomic E-state index is 12.9. The van der Waals surface area contributed by atoms with Crippen molar-refractivity contribution in [1.29, 1.82) is 0 Å². The Labute approximate surface area is 192 Å². The summed E-state index contributed by atoms with van der Waals surface area (Å²) in [6.07, 6.45) is 3.99. The zero-order chi connectivity index (χ0) is 24.2. The molecule has 0 amide bonds. The Kier molecular flexibility index (Phi) is 6.61. The molecular formula is C22H18F3N5O3S. The van der Waals surface area contributed by atoms with Crippen molar-refractivity contribution in [2.75, 3.05) is 0 Å². The zero-order valence-corrected chi connectivity index (χ0v) is 18.3. The fourth-order valence-electron chi connectivity index (χ4n) is 2.98. The van der Waals surface area contributed by atoms with Gasteiger partial charge in [-0.3, -0.25) is 4.98 Å². The first kappa shape index (κ1) is 23.4. The molecule has 176 valence electrons. The molecule has 0 aliphatic carbocycles. The van der Waals surface area contributed by atoms with E-state index in [0.717, 1.165) is 15.1 Å². The van der Waals surface area contributed by atoms with Gasteiger partial charge in [0.15, 0.2) is 5.82 Å². The molecule has 0 bridgehead atoms. The number of pyridine rings is 1. The molecule has 0 aliphatic heterocycles. The fraction of sp³-hybridized carbons (Fsp3) is 0.136. The van der Waals surface area contributed by atoms with Crippen molar-refractivity contribution in [2.24, 2.45) is 0 Å². The molecule has 0 saturated heterocycles. The molecule has 0 radical (unpaired) electrons. The Morgan fingerprint density at radius 2 is 1.79 bits per heavy atom. The van der Waals surface area contributed by atoms with Gasteiger partial charge in [-0.25, -0.2) is 12.4 Å². The smallest absolute Gasteiger partial charge is 0.329 e. The molecule has 0 unspecified atom stereocenters. The van der Waals surface area contributed by atoms with Gasteiger partial charge in [-0.15, -0.1) is 0 Å². The number of aromatic nitrogens is 4. The predicted octanol–water partition coefficient (Wildman–Crippen LogP) is 3.98. The van der Waals surface area contributed by atoms with Crippen molar-refractivity contribution in [3.05, 3.63) is 95.7 Å². The summed E-state index contributed by atoms with van der Waals surface area (Å²) in [5.41, 5.74) is 2.38. The van der Waals surface area contributed by atoms with E-state index >= 15 is 0 Å². The van der Waals surface area contributed by atoms with Crippen LogP contribution in [0.25, 0.3) is 12.2 Å². The highest BCUT2D eigenvalue weighted by Crippen LogP contribution is 2.27. The van der Waals surface area contributed by atoms with E-state index in [0.29, 0.717) is 18.7 Å². The van der Waals surface area contributed by atoms with Crippen LogP contribution in [-0.2, 0) is 29.3 Å². The lowest BCUT2D eigenvalue weighted by Gasteiger charge is -2.08. The van der Waals surface area contributed by atoms with Gasteiger partial charge >= 0.3 is 12.1 Å². The first-order valence-electron chi connectivity index (χ1n) is 9.93. The van der Waals surface area contributed by atoms with Crippen molar-refractivity contribution in [3.8, 4) is 0 Å². The fourth-order valence-corrected chi connectivity index (χ4v) is 4.19. The van der Waals surface area contributed by atoms with Gasteiger partial charge in [0.25, 0.3) is 10.0 Å². The highest BCUT2D eigenvalue weighted by atomic mass is 32.2. The van der Waals surface area contributed by atoms with Crippen LogP contribution in [0.2, 0.25) is 0 Å². The first-order valence-corrected chi connectivity index (χ1v) is 11.4. The van der Waals surface area contributed by atoms with E-state index in [2.05, 4.69) is 25.0 Å². The molecule has 8 nitrogen and oxygen atoms in total. The van der Waals surface area contributed by atoms with Crippen LogP contribution in [0.4, 0.5) is 13.2 Å². The standard InChI is InChI=1S/C22H18F3N5O3S/c23-22(24,25)21-28-20(29-33-21)8-5-17-9-11-30(15-17)34(31,32)19-6-3-16(4-7-19)12-27-14-18-2-1-10-26-13-18/h1-11,13,15,27H,12,14H2/b8-5+. The van der Waals surface area contributed by atoms with Gasteiger partial charge in [-0.2, -0.15) is 18.2 Å². The van der Waals surface area contributed by atoms with Gasteiger partial charge in [0.2, 0.25) is 0 Å². The first-order chi connectivity index (χ1) is 16.2. The summed E-state index contributed by atoms with van der Waals surface area (Å²) in [4.78, 5) is 7.37. The maximum Gasteiger partial charge on any atom is 0.471 e. The van der Waals surface area contributed by atoms with Crippen LogP contribution >= 0.6 is 0 Å². The normalized spacial score (nSPS) is 12.4. The van der Waals surface area contributed by atoms with Gasteiger partial charge in [-0.05, 0) is 53.1 Å². The molecule has 0 atom stereocenters.